The molecule has 0 radical (unpaired) electrons. The highest BCUT2D eigenvalue weighted by Crippen LogP contribution is 2.32. The van der Waals surface area contributed by atoms with Gasteiger partial charge in [0, 0.05) is 30.7 Å². The maximum absolute atomic E-state index is 13.3. The van der Waals surface area contributed by atoms with Crippen molar-refractivity contribution >= 4 is 23.1 Å². The number of hydrogen-bond acceptors (Lipinski definition) is 4. The molecular formula is C27H27F3N6O2. The highest BCUT2D eigenvalue weighted by atomic mass is 19.4. The van der Waals surface area contributed by atoms with Gasteiger partial charge in [-0.1, -0.05) is 12.1 Å². The first kappa shape index (κ1) is 25.5. The lowest BCUT2D eigenvalue weighted by atomic mass is 9.99. The number of fused-ring (bicyclic) bond motifs is 1. The lowest BCUT2D eigenvalue weighted by Gasteiger charge is -2.34. The van der Waals surface area contributed by atoms with E-state index in [-0.39, 0.29) is 24.3 Å². The van der Waals surface area contributed by atoms with Gasteiger partial charge in [-0.25, -0.2) is 4.98 Å². The van der Waals surface area contributed by atoms with Crippen LogP contribution in [0.15, 0.2) is 61.1 Å². The number of carbonyl (C=O) groups excluding carboxylic acids is 2. The topological polar surface area (TPSA) is 95.4 Å². The van der Waals surface area contributed by atoms with Gasteiger partial charge in [-0.2, -0.15) is 18.3 Å². The number of anilines is 1. The Kier molecular flexibility index (Phi) is 7.17. The van der Waals surface area contributed by atoms with E-state index in [0.717, 1.165) is 48.2 Å². The molecule has 0 spiro atoms. The Morgan fingerprint density at radius 1 is 1.11 bits per heavy atom. The monoisotopic (exact) mass is 524 g/mol. The van der Waals surface area contributed by atoms with Crippen molar-refractivity contribution in [2.75, 3.05) is 11.9 Å². The molecule has 198 valence electrons. The Labute approximate surface area is 216 Å². The molecule has 2 N–H and O–H groups in total. The minimum atomic E-state index is -4.36. The van der Waals surface area contributed by atoms with Crippen molar-refractivity contribution in [3.63, 3.8) is 0 Å². The smallest absolute Gasteiger partial charge is 0.329 e. The molecule has 0 bridgehead atoms. The summed E-state index contributed by atoms with van der Waals surface area (Å²) < 4.78 is 39.9. The number of piperidine rings is 1. The van der Waals surface area contributed by atoms with Crippen LogP contribution in [0.1, 0.15) is 65.5 Å². The SMILES string of the molecule is O=C(CCCc1ccc(C(F)(F)F)cc1)Nc1cc(C2CCCCN2C(=O)c2cc3cccn3cn2)[nH]n1. The van der Waals surface area contributed by atoms with Crippen molar-refractivity contribution < 1.29 is 22.8 Å². The third kappa shape index (κ3) is 5.71. The number of halogens is 3. The lowest BCUT2D eigenvalue weighted by molar-refractivity contribution is -0.137. The highest BCUT2D eigenvalue weighted by molar-refractivity contribution is 5.94. The molecular weight excluding hydrogens is 497 g/mol. The zero-order valence-electron chi connectivity index (χ0n) is 20.5. The number of nitrogens with zero attached hydrogens (tertiary/aromatic N) is 4. The Bertz CT molecular complexity index is 1430. The number of nitrogens with one attached hydrogen (secondary N) is 2. The van der Waals surface area contributed by atoms with Crippen LogP contribution >= 0.6 is 0 Å². The van der Waals surface area contributed by atoms with Crippen LogP contribution < -0.4 is 5.32 Å². The van der Waals surface area contributed by atoms with Crippen LogP contribution in [0, 0.1) is 0 Å². The molecule has 4 aromatic rings. The molecule has 5 rings (SSSR count). The minimum Gasteiger partial charge on any atom is -0.329 e. The maximum Gasteiger partial charge on any atom is 0.416 e. The summed E-state index contributed by atoms with van der Waals surface area (Å²) in [6, 6.07) is 12.1. The maximum atomic E-state index is 13.3. The van der Waals surface area contributed by atoms with Crippen LogP contribution in [0.4, 0.5) is 19.0 Å². The number of carbonyl (C=O) groups is 2. The second-order valence-corrected chi connectivity index (χ2v) is 9.43. The molecule has 1 saturated heterocycles. The van der Waals surface area contributed by atoms with Gasteiger partial charge in [0.25, 0.3) is 5.91 Å². The van der Waals surface area contributed by atoms with Crippen LogP contribution in [0.3, 0.4) is 0 Å². The summed E-state index contributed by atoms with van der Waals surface area (Å²) in [6.07, 6.45) is 2.93. The molecule has 38 heavy (non-hydrogen) atoms. The molecule has 8 nitrogen and oxygen atoms in total. The van der Waals surface area contributed by atoms with Crippen molar-refractivity contribution in [1.82, 2.24) is 24.5 Å². The number of amides is 2. The molecule has 0 aliphatic carbocycles. The Balaban J connectivity index is 1.17. The Morgan fingerprint density at radius 2 is 1.92 bits per heavy atom. The number of hydrogen-bond donors (Lipinski definition) is 2. The van der Waals surface area contributed by atoms with Gasteiger partial charge in [0.1, 0.15) is 5.69 Å². The number of likely N-dealkylation sites (tertiary alicyclic amines) is 1. The van der Waals surface area contributed by atoms with E-state index in [0.29, 0.717) is 30.9 Å². The van der Waals surface area contributed by atoms with E-state index in [1.54, 1.807) is 23.4 Å². The number of benzene rings is 1. The van der Waals surface area contributed by atoms with Gasteiger partial charge in [0.15, 0.2) is 5.82 Å². The predicted octanol–water partition coefficient (Wildman–Crippen LogP) is 5.41. The van der Waals surface area contributed by atoms with Crippen molar-refractivity contribution in [3.05, 3.63) is 83.6 Å². The summed E-state index contributed by atoms with van der Waals surface area (Å²) >= 11 is 0. The van der Waals surface area contributed by atoms with E-state index >= 15 is 0 Å². The summed E-state index contributed by atoms with van der Waals surface area (Å²) in [6.45, 7) is 0.599. The molecule has 11 heteroatoms. The van der Waals surface area contributed by atoms with E-state index in [1.807, 2.05) is 22.7 Å². The zero-order valence-corrected chi connectivity index (χ0v) is 20.5. The predicted molar refractivity (Wildman–Crippen MR) is 134 cm³/mol. The Hall–Kier alpha value is -4.15. The van der Waals surface area contributed by atoms with Gasteiger partial charge in [-0.15, -0.1) is 0 Å². The van der Waals surface area contributed by atoms with E-state index in [9.17, 15) is 22.8 Å². The van der Waals surface area contributed by atoms with Crippen molar-refractivity contribution in [3.8, 4) is 0 Å². The van der Waals surface area contributed by atoms with E-state index < -0.39 is 11.7 Å². The number of aromatic nitrogens is 4. The fourth-order valence-corrected chi connectivity index (χ4v) is 4.79. The molecule has 3 aromatic heterocycles. The van der Waals surface area contributed by atoms with Gasteiger partial charge in [0.05, 0.1) is 23.6 Å². The molecule has 4 heterocycles. The second kappa shape index (κ2) is 10.7. The summed E-state index contributed by atoms with van der Waals surface area (Å²) in [5.41, 5.74) is 2.05. The molecule has 1 aliphatic rings. The number of H-pyrrole nitrogens is 1. The van der Waals surface area contributed by atoms with Gasteiger partial charge in [0.2, 0.25) is 5.91 Å². The zero-order chi connectivity index (χ0) is 26.7. The third-order valence-electron chi connectivity index (χ3n) is 6.78. The molecule has 0 saturated carbocycles. The standard InChI is InChI=1S/C27H27F3N6O2/c28-27(29,30)19-11-9-18(10-12-19)5-3-8-25(37)32-24-16-21(33-34-24)23-7-1-2-14-36(23)26(38)22-15-20-6-4-13-35(20)17-31-22/h4,6,9-13,15-17,23H,1-3,5,7-8,14H2,(H2,32,33,34,37). The first-order chi connectivity index (χ1) is 18.3. The van der Waals surface area contributed by atoms with E-state index in [1.165, 1.54) is 12.1 Å². The first-order valence-electron chi connectivity index (χ1n) is 12.5. The lowest BCUT2D eigenvalue weighted by Crippen LogP contribution is -2.39. The molecule has 1 atom stereocenters. The molecule has 1 aliphatic heterocycles. The van der Waals surface area contributed by atoms with Crippen LogP contribution in [0.5, 0.6) is 0 Å². The fraction of sp³-hybridized carbons (Fsp3) is 0.333. The van der Waals surface area contributed by atoms with Crippen LogP contribution in [-0.4, -0.2) is 42.8 Å². The summed E-state index contributed by atoms with van der Waals surface area (Å²) in [4.78, 5) is 31.9. The van der Waals surface area contributed by atoms with Gasteiger partial charge < -0.3 is 14.6 Å². The van der Waals surface area contributed by atoms with Crippen molar-refractivity contribution in [2.24, 2.45) is 0 Å². The van der Waals surface area contributed by atoms with E-state index in [2.05, 4.69) is 20.5 Å². The number of alkyl halides is 3. The van der Waals surface area contributed by atoms with Crippen molar-refractivity contribution in [1.29, 1.82) is 0 Å². The van der Waals surface area contributed by atoms with Crippen LogP contribution in [-0.2, 0) is 17.4 Å². The highest BCUT2D eigenvalue weighted by Gasteiger charge is 2.31. The fourth-order valence-electron chi connectivity index (χ4n) is 4.79. The number of aromatic amines is 1. The number of aryl methyl sites for hydroxylation is 1. The average Bonchev–Trinajstić information content (AvgIpc) is 3.57. The molecule has 1 fully saturated rings. The summed E-state index contributed by atoms with van der Waals surface area (Å²) in [5, 5.41) is 9.94. The molecule has 1 aromatic carbocycles. The Morgan fingerprint density at radius 3 is 2.71 bits per heavy atom. The summed E-state index contributed by atoms with van der Waals surface area (Å²) in [5.74, 6) is -0.0247. The second-order valence-electron chi connectivity index (χ2n) is 9.43. The normalized spacial score (nSPS) is 16.1. The van der Waals surface area contributed by atoms with Gasteiger partial charge in [-0.05, 0) is 68.0 Å². The largest absolute Gasteiger partial charge is 0.416 e. The van der Waals surface area contributed by atoms with E-state index in [4.69, 9.17) is 0 Å². The number of rotatable bonds is 7. The average molecular weight is 525 g/mol. The quantitative estimate of drug-likeness (QED) is 0.338. The van der Waals surface area contributed by atoms with Gasteiger partial charge in [-0.3, -0.25) is 14.7 Å². The van der Waals surface area contributed by atoms with Crippen molar-refractivity contribution in [2.45, 2.75) is 50.7 Å². The van der Waals surface area contributed by atoms with Crippen LogP contribution in [0.25, 0.3) is 5.52 Å². The minimum absolute atomic E-state index is 0.151. The van der Waals surface area contributed by atoms with Crippen LogP contribution in [0.2, 0.25) is 0 Å². The third-order valence-corrected chi connectivity index (χ3v) is 6.78. The van der Waals surface area contributed by atoms with Gasteiger partial charge >= 0.3 is 6.18 Å². The molecule has 1 unspecified atom stereocenters. The summed E-state index contributed by atoms with van der Waals surface area (Å²) in [7, 11) is 0. The first-order valence-corrected chi connectivity index (χ1v) is 12.5. The molecule has 2 amide bonds.